The smallest absolute Gasteiger partial charge is 0.0586 e. The zero-order valence-electron chi connectivity index (χ0n) is 10.9. The van der Waals surface area contributed by atoms with Gasteiger partial charge in [0.15, 0.2) is 0 Å². The predicted octanol–water partition coefficient (Wildman–Crippen LogP) is 2.18. The minimum atomic E-state index is 0.333. The number of nitrogens with zero attached hydrogens (tertiary/aromatic N) is 1. The Balaban J connectivity index is 1.67. The van der Waals surface area contributed by atoms with Crippen LogP contribution in [0.5, 0.6) is 0 Å². The summed E-state index contributed by atoms with van der Waals surface area (Å²) in [6.07, 6.45) is 10.5. The second-order valence-electron chi connectivity index (χ2n) is 5.50. The molecule has 0 saturated carbocycles. The summed E-state index contributed by atoms with van der Waals surface area (Å²) in [4.78, 5) is 2.50. The van der Waals surface area contributed by atoms with Crippen LogP contribution in [0, 0.1) is 0 Å². The van der Waals surface area contributed by atoms with Crippen LogP contribution in [0.1, 0.15) is 51.4 Å². The summed E-state index contributed by atoms with van der Waals surface area (Å²) >= 11 is 0. The Hall–Kier alpha value is -0.120. The van der Waals surface area contributed by atoms with Gasteiger partial charge in [0.25, 0.3) is 0 Å². The maximum Gasteiger partial charge on any atom is 0.0586 e. The van der Waals surface area contributed by atoms with E-state index >= 15 is 0 Å². The fourth-order valence-electron chi connectivity index (χ4n) is 3.13. The quantitative estimate of drug-likeness (QED) is 0.801. The van der Waals surface area contributed by atoms with Crippen molar-refractivity contribution in [1.29, 1.82) is 0 Å². The molecule has 2 heterocycles. The summed E-state index contributed by atoms with van der Waals surface area (Å²) in [6, 6.07) is 0.419. The molecule has 3 heteroatoms. The van der Waals surface area contributed by atoms with Gasteiger partial charge in [-0.2, -0.15) is 0 Å². The van der Waals surface area contributed by atoms with Crippen molar-refractivity contribution in [3.8, 4) is 0 Å². The van der Waals surface area contributed by atoms with Gasteiger partial charge in [-0.3, -0.25) is 4.90 Å². The van der Waals surface area contributed by atoms with Crippen LogP contribution in [0.25, 0.3) is 0 Å². The Morgan fingerprint density at radius 3 is 2.82 bits per heavy atom. The molecule has 1 N–H and O–H groups in total. The average molecular weight is 241 g/mol. The molecule has 2 saturated heterocycles. The first-order valence-electron chi connectivity index (χ1n) is 7.36. The normalized spacial score (nSPS) is 31.6. The van der Waals surface area contributed by atoms with E-state index < -0.39 is 0 Å². The van der Waals surface area contributed by atoms with Crippen molar-refractivity contribution in [3.05, 3.63) is 0 Å². The molecule has 0 aliphatic carbocycles. The first-order chi connectivity index (χ1) is 8.40. The molecule has 0 aromatic heterocycles. The summed E-state index contributed by atoms with van der Waals surface area (Å²) in [6.45, 7) is 3.62. The molecule has 100 valence electrons. The number of aliphatic hydroxyl groups is 1. The molecule has 3 nitrogen and oxygen atoms in total. The van der Waals surface area contributed by atoms with Gasteiger partial charge in [-0.15, -0.1) is 0 Å². The minimum Gasteiger partial charge on any atom is -0.395 e. The van der Waals surface area contributed by atoms with Gasteiger partial charge in [0.05, 0.1) is 12.7 Å². The SMILES string of the molecule is OCC1CCCCCN1CCCC1CCCO1. The maximum atomic E-state index is 9.43. The lowest BCUT2D eigenvalue weighted by atomic mass is 10.1. The van der Waals surface area contributed by atoms with Gasteiger partial charge in [-0.25, -0.2) is 0 Å². The lowest BCUT2D eigenvalue weighted by Crippen LogP contribution is -2.38. The van der Waals surface area contributed by atoms with E-state index in [2.05, 4.69) is 4.90 Å². The molecule has 0 spiro atoms. The van der Waals surface area contributed by atoms with Crippen LogP contribution in [-0.2, 0) is 4.74 Å². The number of hydrogen-bond donors (Lipinski definition) is 1. The van der Waals surface area contributed by atoms with Crippen LogP contribution in [-0.4, -0.2) is 48.5 Å². The van der Waals surface area contributed by atoms with E-state index in [0.29, 0.717) is 18.8 Å². The lowest BCUT2D eigenvalue weighted by molar-refractivity contribution is 0.0887. The molecule has 0 aromatic carbocycles. The van der Waals surface area contributed by atoms with Gasteiger partial charge < -0.3 is 9.84 Å². The topological polar surface area (TPSA) is 32.7 Å². The van der Waals surface area contributed by atoms with Gasteiger partial charge in [0.1, 0.15) is 0 Å². The molecule has 2 aliphatic rings. The fourth-order valence-corrected chi connectivity index (χ4v) is 3.13. The second-order valence-corrected chi connectivity index (χ2v) is 5.50. The Labute approximate surface area is 105 Å². The van der Waals surface area contributed by atoms with Gasteiger partial charge >= 0.3 is 0 Å². The van der Waals surface area contributed by atoms with E-state index in [1.807, 2.05) is 0 Å². The summed E-state index contributed by atoms with van der Waals surface area (Å²) in [5.41, 5.74) is 0. The molecule has 2 rings (SSSR count). The number of aliphatic hydroxyl groups excluding tert-OH is 1. The van der Waals surface area contributed by atoms with Crippen molar-refractivity contribution in [2.45, 2.75) is 63.5 Å². The van der Waals surface area contributed by atoms with Gasteiger partial charge in [-0.1, -0.05) is 12.8 Å². The van der Waals surface area contributed by atoms with Crippen molar-refractivity contribution in [3.63, 3.8) is 0 Å². The van der Waals surface area contributed by atoms with Crippen LogP contribution in [0.15, 0.2) is 0 Å². The highest BCUT2D eigenvalue weighted by Crippen LogP contribution is 2.20. The van der Waals surface area contributed by atoms with Gasteiger partial charge in [-0.05, 0) is 51.6 Å². The van der Waals surface area contributed by atoms with Gasteiger partial charge in [0.2, 0.25) is 0 Å². The molecular formula is C14H27NO2. The molecule has 0 bridgehead atoms. The number of ether oxygens (including phenoxy) is 1. The highest BCUT2D eigenvalue weighted by Gasteiger charge is 2.21. The summed E-state index contributed by atoms with van der Waals surface area (Å²) in [5, 5.41) is 9.43. The molecule has 0 amide bonds. The number of rotatable bonds is 5. The van der Waals surface area contributed by atoms with Crippen LogP contribution in [0.4, 0.5) is 0 Å². The van der Waals surface area contributed by atoms with Crippen LogP contribution in [0.3, 0.4) is 0 Å². The van der Waals surface area contributed by atoms with Crippen molar-refractivity contribution in [2.24, 2.45) is 0 Å². The minimum absolute atomic E-state index is 0.333. The number of hydrogen-bond acceptors (Lipinski definition) is 3. The Bertz CT molecular complexity index is 204. The van der Waals surface area contributed by atoms with Crippen LogP contribution in [0.2, 0.25) is 0 Å². The standard InChI is InChI=1S/C14H27NO2/c16-12-13-6-2-1-3-9-15(13)10-4-7-14-8-5-11-17-14/h13-14,16H,1-12H2. The van der Waals surface area contributed by atoms with Gasteiger partial charge in [0, 0.05) is 12.6 Å². The summed E-state index contributed by atoms with van der Waals surface area (Å²) in [5.74, 6) is 0. The first-order valence-corrected chi connectivity index (χ1v) is 7.36. The predicted molar refractivity (Wildman–Crippen MR) is 69.1 cm³/mol. The van der Waals surface area contributed by atoms with Crippen LogP contribution < -0.4 is 0 Å². The molecule has 2 unspecified atom stereocenters. The largest absolute Gasteiger partial charge is 0.395 e. The Kier molecular flexibility index (Phi) is 5.75. The third-order valence-corrected chi connectivity index (χ3v) is 4.21. The van der Waals surface area contributed by atoms with E-state index in [0.717, 1.165) is 13.2 Å². The molecule has 2 aliphatic heterocycles. The average Bonchev–Trinajstić information content (AvgIpc) is 2.75. The Morgan fingerprint density at radius 2 is 2.06 bits per heavy atom. The zero-order valence-corrected chi connectivity index (χ0v) is 10.9. The fraction of sp³-hybridized carbons (Fsp3) is 1.00. The summed E-state index contributed by atoms with van der Waals surface area (Å²) in [7, 11) is 0. The zero-order chi connectivity index (χ0) is 11.9. The first kappa shape index (κ1) is 13.3. The highest BCUT2D eigenvalue weighted by molar-refractivity contribution is 4.75. The monoisotopic (exact) mass is 241 g/mol. The van der Waals surface area contributed by atoms with E-state index in [9.17, 15) is 5.11 Å². The molecule has 0 radical (unpaired) electrons. The van der Waals surface area contributed by atoms with Crippen molar-refractivity contribution >= 4 is 0 Å². The number of likely N-dealkylation sites (tertiary alicyclic amines) is 1. The van der Waals surface area contributed by atoms with Crippen molar-refractivity contribution in [2.75, 3.05) is 26.3 Å². The molecule has 0 aromatic rings. The third kappa shape index (κ3) is 4.23. The summed E-state index contributed by atoms with van der Waals surface area (Å²) < 4.78 is 5.65. The molecule has 17 heavy (non-hydrogen) atoms. The Morgan fingerprint density at radius 1 is 1.12 bits per heavy atom. The van der Waals surface area contributed by atoms with Crippen molar-refractivity contribution < 1.29 is 9.84 Å². The van der Waals surface area contributed by atoms with E-state index in [1.54, 1.807) is 0 Å². The van der Waals surface area contributed by atoms with E-state index in [1.165, 1.54) is 57.9 Å². The highest BCUT2D eigenvalue weighted by atomic mass is 16.5. The van der Waals surface area contributed by atoms with Crippen molar-refractivity contribution in [1.82, 2.24) is 4.90 Å². The molecular weight excluding hydrogens is 214 g/mol. The van der Waals surface area contributed by atoms with Crippen LogP contribution >= 0.6 is 0 Å². The molecule has 2 atom stereocenters. The van der Waals surface area contributed by atoms with E-state index in [-0.39, 0.29) is 0 Å². The molecule has 2 fully saturated rings. The van der Waals surface area contributed by atoms with E-state index in [4.69, 9.17) is 4.74 Å². The lowest BCUT2D eigenvalue weighted by Gasteiger charge is -2.28. The third-order valence-electron chi connectivity index (χ3n) is 4.21. The maximum absolute atomic E-state index is 9.43. The second kappa shape index (κ2) is 7.34.